The van der Waals surface area contributed by atoms with Crippen LogP contribution in [0.25, 0.3) is 6.08 Å². The van der Waals surface area contributed by atoms with E-state index in [1.54, 1.807) is 31.0 Å². The number of thioether (sulfide) groups is 1. The lowest BCUT2D eigenvalue weighted by Crippen LogP contribution is -2.01. The van der Waals surface area contributed by atoms with Gasteiger partial charge in [-0.2, -0.15) is 11.8 Å². The number of benzene rings is 1. The normalized spacial score (nSPS) is 10.6. The summed E-state index contributed by atoms with van der Waals surface area (Å²) >= 11 is 1.58. The molecule has 21 heavy (non-hydrogen) atoms. The Bertz CT molecular complexity index is 525. The highest BCUT2D eigenvalue weighted by atomic mass is 32.2. The van der Waals surface area contributed by atoms with Crippen molar-refractivity contribution in [3.8, 4) is 5.75 Å². The molecule has 0 aliphatic rings. The molecule has 0 radical (unpaired) electrons. The number of carboxylic acid groups (broad SMARTS) is 1. The van der Waals surface area contributed by atoms with E-state index < -0.39 is 5.97 Å². The van der Waals surface area contributed by atoms with E-state index in [0.717, 1.165) is 17.2 Å². The van der Waals surface area contributed by atoms with Gasteiger partial charge in [-0.1, -0.05) is 6.07 Å². The molecule has 0 aliphatic heterocycles. The molecule has 0 aliphatic carbocycles. The van der Waals surface area contributed by atoms with E-state index >= 15 is 0 Å². The summed E-state index contributed by atoms with van der Waals surface area (Å²) in [4.78, 5) is 21.6. The van der Waals surface area contributed by atoms with Crippen molar-refractivity contribution in [3.63, 3.8) is 0 Å². The summed E-state index contributed by atoms with van der Waals surface area (Å²) in [5, 5.41) is 8.70. The molecule has 0 bridgehead atoms. The average molecular weight is 310 g/mol. The smallest absolute Gasteiger partial charge is 0.328 e. The molecule has 1 N–H and O–H groups in total. The van der Waals surface area contributed by atoms with Gasteiger partial charge in [0.2, 0.25) is 0 Å². The van der Waals surface area contributed by atoms with Crippen molar-refractivity contribution in [1.82, 2.24) is 0 Å². The Kier molecular flexibility index (Phi) is 7.39. The maximum Gasteiger partial charge on any atom is 0.328 e. The Labute approximate surface area is 127 Å². The Balaban J connectivity index is 2.72. The van der Waals surface area contributed by atoms with Crippen LogP contribution >= 0.6 is 11.8 Å². The van der Waals surface area contributed by atoms with Crippen LogP contribution in [0.1, 0.15) is 17.5 Å². The van der Waals surface area contributed by atoms with Crippen molar-refractivity contribution < 1.29 is 24.2 Å². The van der Waals surface area contributed by atoms with Crippen LogP contribution in [0.4, 0.5) is 0 Å². The highest BCUT2D eigenvalue weighted by Gasteiger charge is 2.05. The minimum absolute atomic E-state index is 0.237. The van der Waals surface area contributed by atoms with Crippen LogP contribution < -0.4 is 4.74 Å². The summed E-state index contributed by atoms with van der Waals surface area (Å²) < 4.78 is 9.75. The number of methoxy groups -OCH3 is 2. The number of esters is 1. The van der Waals surface area contributed by atoms with E-state index in [2.05, 4.69) is 4.74 Å². The van der Waals surface area contributed by atoms with Crippen molar-refractivity contribution >= 4 is 29.8 Å². The molecule has 1 aromatic carbocycles. The lowest BCUT2D eigenvalue weighted by atomic mass is 10.1. The van der Waals surface area contributed by atoms with Crippen LogP contribution in [0, 0.1) is 0 Å². The van der Waals surface area contributed by atoms with Gasteiger partial charge in [-0.25, -0.2) is 4.79 Å². The zero-order valence-electron chi connectivity index (χ0n) is 12.0. The molecule has 0 unspecified atom stereocenters. The van der Waals surface area contributed by atoms with Gasteiger partial charge in [0.1, 0.15) is 5.75 Å². The molecule has 0 amide bonds. The Morgan fingerprint density at radius 3 is 2.71 bits per heavy atom. The minimum atomic E-state index is -0.991. The molecule has 0 fully saturated rings. The molecular formula is C15H18O5S. The van der Waals surface area contributed by atoms with E-state index in [1.165, 1.54) is 7.11 Å². The highest BCUT2D eigenvalue weighted by Crippen LogP contribution is 2.23. The van der Waals surface area contributed by atoms with Gasteiger partial charge in [-0.3, -0.25) is 4.79 Å². The number of ether oxygens (including phenoxy) is 2. The Morgan fingerprint density at radius 1 is 1.33 bits per heavy atom. The largest absolute Gasteiger partial charge is 0.497 e. The second kappa shape index (κ2) is 9.07. The second-order valence-corrected chi connectivity index (χ2v) is 5.22. The summed E-state index contributed by atoms with van der Waals surface area (Å²) in [7, 11) is 2.94. The predicted octanol–water partition coefficient (Wildman–Crippen LogP) is 2.59. The van der Waals surface area contributed by atoms with E-state index in [1.807, 2.05) is 12.1 Å². The number of hydrogen-bond donors (Lipinski definition) is 1. The third kappa shape index (κ3) is 6.35. The molecule has 5 nitrogen and oxygen atoms in total. The molecule has 0 heterocycles. The Hall–Kier alpha value is -1.95. The number of carboxylic acids is 1. The van der Waals surface area contributed by atoms with Crippen LogP contribution in [-0.4, -0.2) is 37.0 Å². The summed E-state index contributed by atoms with van der Waals surface area (Å²) in [6, 6.07) is 5.46. The average Bonchev–Trinajstić information content (AvgIpc) is 2.49. The summed E-state index contributed by atoms with van der Waals surface area (Å²) in [6.07, 6.45) is 3.01. The van der Waals surface area contributed by atoms with Crippen molar-refractivity contribution in [2.24, 2.45) is 0 Å². The van der Waals surface area contributed by atoms with Gasteiger partial charge in [0.05, 0.1) is 20.6 Å². The molecule has 0 aromatic heterocycles. The minimum Gasteiger partial charge on any atom is -0.497 e. The number of rotatable bonds is 8. The fourth-order valence-electron chi connectivity index (χ4n) is 1.60. The molecule has 0 spiro atoms. The van der Waals surface area contributed by atoms with Crippen LogP contribution in [0.2, 0.25) is 0 Å². The number of aliphatic carboxylic acids is 1. The van der Waals surface area contributed by atoms with Gasteiger partial charge < -0.3 is 14.6 Å². The third-order valence-corrected chi connectivity index (χ3v) is 3.70. The van der Waals surface area contributed by atoms with Crippen LogP contribution in [0.5, 0.6) is 5.75 Å². The van der Waals surface area contributed by atoms with E-state index in [4.69, 9.17) is 9.84 Å². The third-order valence-electron chi connectivity index (χ3n) is 2.69. The number of hydrogen-bond acceptors (Lipinski definition) is 5. The van der Waals surface area contributed by atoms with Crippen LogP contribution in [0.15, 0.2) is 24.3 Å². The van der Waals surface area contributed by atoms with Crippen molar-refractivity contribution in [2.45, 2.75) is 12.2 Å². The first-order valence-electron chi connectivity index (χ1n) is 6.29. The molecule has 6 heteroatoms. The van der Waals surface area contributed by atoms with Gasteiger partial charge in [0, 0.05) is 17.6 Å². The summed E-state index contributed by atoms with van der Waals surface area (Å²) in [5.41, 5.74) is 1.78. The summed E-state index contributed by atoms with van der Waals surface area (Å²) in [6.45, 7) is 0. The molecule has 1 aromatic rings. The zero-order chi connectivity index (χ0) is 15.7. The van der Waals surface area contributed by atoms with Gasteiger partial charge >= 0.3 is 11.9 Å². The fourth-order valence-corrected chi connectivity index (χ4v) is 2.52. The van der Waals surface area contributed by atoms with Crippen molar-refractivity contribution in [1.29, 1.82) is 0 Å². The molecular weight excluding hydrogens is 292 g/mol. The van der Waals surface area contributed by atoms with E-state index in [9.17, 15) is 9.59 Å². The number of carbonyl (C=O) groups excluding carboxylic acids is 1. The quantitative estimate of drug-likeness (QED) is 0.452. The van der Waals surface area contributed by atoms with Gasteiger partial charge in [-0.05, 0) is 29.3 Å². The van der Waals surface area contributed by atoms with Gasteiger partial charge in [-0.15, -0.1) is 0 Å². The molecule has 114 valence electrons. The fraction of sp³-hybridized carbons (Fsp3) is 0.333. The first-order valence-corrected chi connectivity index (χ1v) is 7.44. The maximum atomic E-state index is 11.0. The second-order valence-electron chi connectivity index (χ2n) is 4.12. The van der Waals surface area contributed by atoms with Gasteiger partial charge in [0.25, 0.3) is 0 Å². The van der Waals surface area contributed by atoms with Crippen molar-refractivity contribution in [2.75, 3.05) is 20.0 Å². The van der Waals surface area contributed by atoms with Crippen molar-refractivity contribution in [3.05, 3.63) is 35.4 Å². The monoisotopic (exact) mass is 310 g/mol. The lowest BCUT2D eigenvalue weighted by molar-refractivity contribution is -0.140. The molecule has 0 atom stereocenters. The number of carbonyl (C=O) groups is 2. The standard InChI is InChI=1S/C15H18O5S/c1-19-13-5-3-11(4-6-14(16)17)12(9-13)10-21-8-7-15(18)20-2/h3-6,9H,7-8,10H2,1-2H3,(H,16,17). The molecule has 0 saturated carbocycles. The van der Waals surface area contributed by atoms with E-state index in [-0.39, 0.29) is 5.97 Å². The maximum absolute atomic E-state index is 11.0. The van der Waals surface area contributed by atoms with E-state index in [0.29, 0.717) is 23.7 Å². The highest BCUT2D eigenvalue weighted by molar-refractivity contribution is 7.98. The first kappa shape index (κ1) is 17.1. The van der Waals surface area contributed by atoms with Crippen LogP contribution in [-0.2, 0) is 20.1 Å². The zero-order valence-corrected chi connectivity index (χ0v) is 12.8. The predicted molar refractivity (Wildman–Crippen MR) is 82.5 cm³/mol. The van der Waals surface area contributed by atoms with Gasteiger partial charge in [0.15, 0.2) is 0 Å². The van der Waals surface area contributed by atoms with Crippen LogP contribution in [0.3, 0.4) is 0 Å². The molecule has 0 saturated heterocycles. The Morgan fingerprint density at radius 2 is 2.10 bits per heavy atom. The topological polar surface area (TPSA) is 72.8 Å². The lowest BCUT2D eigenvalue weighted by Gasteiger charge is -2.08. The molecule has 1 rings (SSSR count). The first-order chi connectivity index (χ1) is 10.1. The SMILES string of the molecule is COC(=O)CCSCc1cc(OC)ccc1C=CC(=O)O. The summed E-state index contributed by atoms with van der Waals surface area (Å²) in [5.74, 6) is 0.791.